The van der Waals surface area contributed by atoms with Crippen molar-refractivity contribution in [2.24, 2.45) is 0 Å². The molecule has 2 aromatic carbocycles. The Kier molecular flexibility index (Phi) is 5.22. The molecule has 0 aliphatic heterocycles. The number of hydrogen-bond donors (Lipinski definition) is 1. The molecule has 0 spiro atoms. The van der Waals surface area contributed by atoms with E-state index in [0.29, 0.717) is 22.6 Å². The smallest absolute Gasteiger partial charge is 0.251 e. The third-order valence-corrected chi connectivity index (χ3v) is 3.45. The van der Waals surface area contributed by atoms with Gasteiger partial charge in [0.05, 0.1) is 14.2 Å². The standard InChI is InChI=1S/C16H15ClFNO3/c1-21-14-6-4-10(7-15(14)22-2)16(20)19-9-11-3-5-12(18)8-13(11)17/h3-8H,9H2,1-2H3,(H,19,20). The summed E-state index contributed by atoms with van der Waals surface area (Å²) in [5.41, 5.74) is 1.06. The SMILES string of the molecule is COc1ccc(C(=O)NCc2ccc(F)cc2Cl)cc1OC. The van der Waals surface area contributed by atoms with E-state index in [1.54, 1.807) is 18.2 Å². The molecule has 116 valence electrons. The second-order valence-electron chi connectivity index (χ2n) is 4.49. The number of nitrogens with one attached hydrogen (secondary N) is 1. The van der Waals surface area contributed by atoms with Gasteiger partial charge in [-0.2, -0.15) is 0 Å². The van der Waals surface area contributed by atoms with Crippen LogP contribution < -0.4 is 14.8 Å². The molecule has 22 heavy (non-hydrogen) atoms. The molecule has 2 rings (SSSR count). The number of carbonyl (C=O) groups excluding carboxylic acids is 1. The van der Waals surface area contributed by atoms with Gasteiger partial charge in [-0.25, -0.2) is 4.39 Å². The van der Waals surface area contributed by atoms with Gasteiger partial charge in [-0.1, -0.05) is 17.7 Å². The van der Waals surface area contributed by atoms with Crippen LogP contribution in [-0.4, -0.2) is 20.1 Å². The third-order valence-electron chi connectivity index (χ3n) is 3.10. The predicted octanol–water partition coefficient (Wildman–Crippen LogP) is 3.43. The van der Waals surface area contributed by atoms with E-state index in [9.17, 15) is 9.18 Å². The van der Waals surface area contributed by atoms with Crippen LogP contribution >= 0.6 is 11.6 Å². The average Bonchev–Trinajstić information content (AvgIpc) is 2.53. The average molecular weight is 324 g/mol. The normalized spacial score (nSPS) is 10.2. The van der Waals surface area contributed by atoms with Crippen molar-refractivity contribution in [1.82, 2.24) is 5.32 Å². The van der Waals surface area contributed by atoms with Crippen molar-refractivity contribution in [3.63, 3.8) is 0 Å². The van der Waals surface area contributed by atoms with Crippen molar-refractivity contribution in [3.05, 3.63) is 58.4 Å². The first-order chi connectivity index (χ1) is 10.5. The zero-order chi connectivity index (χ0) is 16.1. The highest BCUT2D eigenvalue weighted by Gasteiger charge is 2.11. The molecule has 0 saturated carbocycles. The highest BCUT2D eigenvalue weighted by molar-refractivity contribution is 6.31. The van der Waals surface area contributed by atoms with Crippen LogP contribution in [0.25, 0.3) is 0 Å². The van der Waals surface area contributed by atoms with E-state index in [0.717, 1.165) is 0 Å². The van der Waals surface area contributed by atoms with E-state index in [1.807, 2.05) is 0 Å². The Bertz CT molecular complexity index is 691. The van der Waals surface area contributed by atoms with Crippen LogP contribution in [0, 0.1) is 5.82 Å². The van der Waals surface area contributed by atoms with Crippen LogP contribution in [0.3, 0.4) is 0 Å². The quantitative estimate of drug-likeness (QED) is 0.917. The maximum Gasteiger partial charge on any atom is 0.251 e. The number of benzene rings is 2. The molecule has 1 N–H and O–H groups in total. The van der Waals surface area contributed by atoms with Crippen molar-refractivity contribution in [3.8, 4) is 11.5 Å². The summed E-state index contributed by atoms with van der Waals surface area (Å²) in [6.45, 7) is 0.201. The molecule has 0 unspecified atom stereocenters. The molecule has 6 heteroatoms. The second kappa shape index (κ2) is 7.13. The van der Waals surface area contributed by atoms with E-state index in [4.69, 9.17) is 21.1 Å². The van der Waals surface area contributed by atoms with Gasteiger partial charge in [0.2, 0.25) is 0 Å². The van der Waals surface area contributed by atoms with Gasteiger partial charge in [-0.05, 0) is 35.9 Å². The lowest BCUT2D eigenvalue weighted by Crippen LogP contribution is -2.23. The van der Waals surface area contributed by atoms with Crippen LogP contribution in [-0.2, 0) is 6.54 Å². The van der Waals surface area contributed by atoms with Crippen molar-refractivity contribution < 1.29 is 18.7 Å². The molecule has 2 aromatic rings. The summed E-state index contributed by atoms with van der Waals surface area (Å²) in [6, 6.07) is 8.90. The molecule has 0 saturated heterocycles. The van der Waals surface area contributed by atoms with E-state index < -0.39 is 5.82 Å². The molecule has 0 heterocycles. The number of halogens is 2. The lowest BCUT2D eigenvalue weighted by Gasteiger charge is -2.10. The van der Waals surface area contributed by atoms with Gasteiger partial charge in [0.25, 0.3) is 5.91 Å². The fourth-order valence-corrected chi connectivity index (χ4v) is 2.15. The van der Waals surface area contributed by atoms with Crippen molar-refractivity contribution in [2.45, 2.75) is 6.54 Å². The van der Waals surface area contributed by atoms with Crippen LogP contribution in [0.5, 0.6) is 11.5 Å². The summed E-state index contributed by atoms with van der Waals surface area (Å²) in [5, 5.41) is 2.99. The summed E-state index contributed by atoms with van der Waals surface area (Å²) in [6.07, 6.45) is 0. The Morgan fingerprint density at radius 2 is 1.86 bits per heavy atom. The maximum absolute atomic E-state index is 13.0. The number of carbonyl (C=O) groups is 1. The highest BCUT2D eigenvalue weighted by Crippen LogP contribution is 2.27. The van der Waals surface area contributed by atoms with Gasteiger partial charge >= 0.3 is 0 Å². The van der Waals surface area contributed by atoms with E-state index in [1.165, 1.54) is 32.4 Å². The Balaban J connectivity index is 2.09. The van der Waals surface area contributed by atoms with Crippen LogP contribution in [0.2, 0.25) is 5.02 Å². The maximum atomic E-state index is 13.0. The summed E-state index contributed by atoms with van der Waals surface area (Å²) in [4.78, 5) is 12.1. The molecule has 0 aliphatic carbocycles. The Hall–Kier alpha value is -2.27. The largest absolute Gasteiger partial charge is 0.493 e. The number of hydrogen-bond acceptors (Lipinski definition) is 3. The topological polar surface area (TPSA) is 47.6 Å². The lowest BCUT2D eigenvalue weighted by molar-refractivity contribution is 0.0950. The summed E-state index contributed by atoms with van der Waals surface area (Å²) < 4.78 is 23.2. The summed E-state index contributed by atoms with van der Waals surface area (Å²) in [5.74, 6) is 0.303. The number of methoxy groups -OCH3 is 2. The predicted molar refractivity (Wildman–Crippen MR) is 82.1 cm³/mol. The van der Waals surface area contributed by atoms with Crippen molar-refractivity contribution in [2.75, 3.05) is 14.2 Å². The van der Waals surface area contributed by atoms with Crippen LogP contribution in [0.15, 0.2) is 36.4 Å². The molecule has 0 aliphatic rings. The minimum Gasteiger partial charge on any atom is -0.493 e. The van der Waals surface area contributed by atoms with Crippen molar-refractivity contribution in [1.29, 1.82) is 0 Å². The third kappa shape index (κ3) is 3.68. The monoisotopic (exact) mass is 323 g/mol. The zero-order valence-electron chi connectivity index (χ0n) is 12.2. The first-order valence-corrected chi connectivity index (χ1v) is 6.87. The van der Waals surface area contributed by atoms with Gasteiger partial charge in [0, 0.05) is 17.1 Å². The van der Waals surface area contributed by atoms with E-state index in [2.05, 4.69) is 5.32 Å². The van der Waals surface area contributed by atoms with Gasteiger partial charge < -0.3 is 14.8 Å². The first-order valence-electron chi connectivity index (χ1n) is 6.49. The summed E-state index contributed by atoms with van der Waals surface area (Å²) >= 11 is 5.92. The minimum absolute atomic E-state index is 0.201. The number of rotatable bonds is 5. The summed E-state index contributed by atoms with van der Waals surface area (Å²) in [7, 11) is 3.02. The second-order valence-corrected chi connectivity index (χ2v) is 4.90. The molecule has 1 amide bonds. The Labute approximate surface area is 132 Å². The van der Waals surface area contributed by atoms with Gasteiger partial charge in [-0.15, -0.1) is 0 Å². The highest BCUT2D eigenvalue weighted by atomic mass is 35.5. The Morgan fingerprint density at radius 1 is 1.14 bits per heavy atom. The van der Waals surface area contributed by atoms with E-state index in [-0.39, 0.29) is 17.5 Å². The Morgan fingerprint density at radius 3 is 2.50 bits per heavy atom. The van der Waals surface area contributed by atoms with Crippen LogP contribution in [0.4, 0.5) is 4.39 Å². The molecular weight excluding hydrogens is 309 g/mol. The van der Waals surface area contributed by atoms with Gasteiger partial charge in [0.1, 0.15) is 5.82 Å². The van der Waals surface area contributed by atoms with E-state index >= 15 is 0 Å². The lowest BCUT2D eigenvalue weighted by atomic mass is 10.1. The first kappa shape index (κ1) is 16.1. The zero-order valence-corrected chi connectivity index (χ0v) is 12.9. The molecule has 0 aromatic heterocycles. The fraction of sp³-hybridized carbons (Fsp3) is 0.188. The van der Waals surface area contributed by atoms with Gasteiger partial charge in [-0.3, -0.25) is 4.79 Å². The van der Waals surface area contributed by atoms with Crippen molar-refractivity contribution >= 4 is 17.5 Å². The molecule has 0 atom stereocenters. The molecule has 4 nitrogen and oxygen atoms in total. The molecule has 0 fully saturated rings. The fourth-order valence-electron chi connectivity index (χ4n) is 1.92. The van der Waals surface area contributed by atoms with Crippen LogP contribution in [0.1, 0.15) is 15.9 Å². The number of ether oxygens (including phenoxy) is 2. The molecule has 0 bridgehead atoms. The number of amides is 1. The molecule has 0 radical (unpaired) electrons. The van der Waals surface area contributed by atoms with Gasteiger partial charge in [0.15, 0.2) is 11.5 Å². The minimum atomic E-state index is -0.417. The molecular formula is C16H15ClFNO3.